The molecule has 184 valence electrons. The normalized spacial score (nSPS) is 17.5. The number of methoxy groups -OCH3 is 1. The van der Waals surface area contributed by atoms with Gasteiger partial charge < -0.3 is 19.5 Å². The number of carbonyl (C=O) groups is 2. The van der Waals surface area contributed by atoms with Gasteiger partial charge in [-0.25, -0.2) is 0 Å². The molecule has 2 amide bonds. The maximum atomic E-state index is 13.5. The summed E-state index contributed by atoms with van der Waals surface area (Å²) in [6.07, 6.45) is 1.51. The predicted octanol–water partition coefficient (Wildman–Crippen LogP) is 4.89. The second-order valence-corrected chi connectivity index (χ2v) is 10.1. The fraction of sp³-hybridized carbons (Fsp3) is 0.185. The fourth-order valence-corrected chi connectivity index (χ4v) is 5.55. The largest absolute Gasteiger partial charge is 0.496 e. The van der Waals surface area contributed by atoms with Crippen LogP contribution in [0.2, 0.25) is 0 Å². The number of benzene rings is 3. The Kier molecular flexibility index (Phi) is 7.20. The van der Waals surface area contributed by atoms with Gasteiger partial charge in [-0.3, -0.25) is 14.5 Å². The van der Waals surface area contributed by atoms with Gasteiger partial charge in [0.25, 0.3) is 5.91 Å². The Morgan fingerprint density at radius 3 is 2.75 bits per heavy atom. The van der Waals surface area contributed by atoms with Crippen LogP contribution in [0.25, 0.3) is 6.08 Å². The Labute approximate surface area is 221 Å². The van der Waals surface area contributed by atoms with Crippen molar-refractivity contribution in [2.45, 2.75) is 11.0 Å². The van der Waals surface area contributed by atoms with Gasteiger partial charge in [-0.15, -0.1) is 0 Å². The Morgan fingerprint density at radius 1 is 1.17 bits per heavy atom. The van der Waals surface area contributed by atoms with Crippen LogP contribution in [0.3, 0.4) is 0 Å². The number of rotatable bonds is 6. The van der Waals surface area contributed by atoms with Crippen LogP contribution in [0, 0.1) is 0 Å². The molecule has 0 aliphatic carbocycles. The standard InChI is InChI=1S/C27H23BrN2O5S/c1-33-21-11-10-17(12-19(21)28)13-25-27(32)30(20-6-2-5-9-24(20)36-25)15-26(31)29-14-18-16-34-22-7-3-4-8-23(22)35-18/h2-13,18H,14-16H2,1H3,(H,29,31)/b25-13+/t18-/m0/s1. The number of fused-ring (bicyclic) bond motifs is 2. The molecule has 0 spiro atoms. The Bertz CT molecular complexity index is 1350. The lowest BCUT2D eigenvalue weighted by molar-refractivity contribution is -0.122. The third kappa shape index (κ3) is 5.22. The highest BCUT2D eigenvalue weighted by atomic mass is 79.9. The van der Waals surface area contributed by atoms with Crippen LogP contribution in [-0.4, -0.2) is 44.7 Å². The van der Waals surface area contributed by atoms with E-state index in [0.717, 1.165) is 14.9 Å². The minimum atomic E-state index is -0.312. The molecule has 36 heavy (non-hydrogen) atoms. The van der Waals surface area contributed by atoms with E-state index in [9.17, 15) is 9.59 Å². The highest BCUT2D eigenvalue weighted by Crippen LogP contribution is 2.42. The molecule has 0 saturated heterocycles. The monoisotopic (exact) mass is 566 g/mol. The van der Waals surface area contributed by atoms with Crippen molar-refractivity contribution in [2.75, 3.05) is 31.7 Å². The molecular weight excluding hydrogens is 544 g/mol. The minimum absolute atomic E-state index is 0.107. The second-order valence-electron chi connectivity index (χ2n) is 8.17. The number of nitrogens with one attached hydrogen (secondary N) is 1. The van der Waals surface area contributed by atoms with Crippen molar-refractivity contribution in [1.82, 2.24) is 5.32 Å². The van der Waals surface area contributed by atoms with Crippen molar-refractivity contribution in [1.29, 1.82) is 0 Å². The molecule has 1 N–H and O–H groups in total. The van der Waals surface area contributed by atoms with E-state index in [1.807, 2.05) is 72.8 Å². The van der Waals surface area contributed by atoms with E-state index in [1.54, 1.807) is 7.11 Å². The third-order valence-corrected chi connectivity index (χ3v) is 7.40. The fourth-order valence-electron chi connectivity index (χ4n) is 3.93. The Hall–Kier alpha value is -3.43. The van der Waals surface area contributed by atoms with Gasteiger partial charge in [0, 0.05) is 4.90 Å². The van der Waals surface area contributed by atoms with Crippen LogP contribution < -0.4 is 24.4 Å². The highest BCUT2D eigenvalue weighted by Gasteiger charge is 2.31. The van der Waals surface area contributed by atoms with Crippen LogP contribution >= 0.6 is 27.7 Å². The van der Waals surface area contributed by atoms with Gasteiger partial charge in [0.05, 0.1) is 28.7 Å². The molecule has 2 aliphatic heterocycles. The summed E-state index contributed by atoms with van der Waals surface area (Å²) in [4.78, 5) is 29.3. The van der Waals surface area contributed by atoms with E-state index < -0.39 is 0 Å². The van der Waals surface area contributed by atoms with Crippen LogP contribution in [0.15, 0.2) is 81.0 Å². The van der Waals surface area contributed by atoms with Crippen molar-refractivity contribution in [2.24, 2.45) is 0 Å². The summed E-state index contributed by atoms with van der Waals surface area (Å²) < 4.78 is 17.7. The van der Waals surface area contributed by atoms with Crippen LogP contribution in [-0.2, 0) is 9.59 Å². The Balaban J connectivity index is 1.30. The molecule has 5 rings (SSSR count). The predicted molar refractivity (Wildman–Crippen MR) is 143 cm³/mol. The lowest BCUT2D eigenvalue weighted by Gasteiger charge is -2.30. The van der Waals surface area contributed by atoms with Gasteiger partial charge in [-0.2, -0.15) is 0 Å². The zero-order valence-corrected chi connectivity index (χ0v) is 21.8. The highest BCUT2D eigenvalue weighted by molar-refractivity contribution is 9.10. The quantitative estimate of drug-likeness (QED) is 0.428. The maximum Gasteiger partial charge on any atom is 0.265 e. The average Bonchev–Trinajstić information content (AvgIpc) is 2.90. The number of hydrogen-bond donors (Lipinski definition) is 1. The summed E-state index contributed by atoms with van der Waals surface area (Å²) in [5.74, 6) is 1.54. The first-order valence-corrected chi connectivity index (χ1v) is 12.9. The second kappa shape index (κ2) is 10.7. The molecule has 9 heteroatoms. The van der Waals surface area contributed by atoms with E-state index in [2.05, 4.69) is 21.2 Å². The zero-order chi connectivity index (χ0) is 25.1. The van der Waals surface area contributed by atoms with Gasteiger partial charge in [0.1, 0.15) is 25.0 Å². The lowest BCUT2D eigenvalue weighted by Crippen LogP contribution is -2.46. The molecule has 2 heterocycles. The molecule has 0 unspecified atom stereocenters. The number of anilines is 1. The van der Waals surface area contributed by atoms with E-state index in [-0.39, 0.29) is 31.0 Å². The van der Waals surface area contributed by atoms with Gasteiger partial charge in [0.15, 0.2) is 11.5 Å². The first-order chi connectivity index (χ1) is 17.5. The van der Waals surface area contributed by atoms with Gasteiger partial charge in [-0.1, -0.05) is 42.1 Å². The number of thioether (sulfide) groups is 1. The summed E-state index contributed by atoms with van der Waals surface area (Å²) in [7, 11) is 1.60. The number of carbonyl (C=O) groups excluding carboxylic acids is 2. The molecule has 3 aromatic carbocycles. The summed E-state index contributed by atoms with van der Waals surface area (Å²) in [6, 6.07) is 20.6. The van der Waals surface area contributed by atoms with Gasteiger partial charge in [0.2, 0.25) is 5.91 Å². The molecule has 0 saturated carbocycles. The summed E-state index contributed by atoms with van der Waals surface area (Å²) >= 11 is 4.88. The SMILES string of the molecule is COc1ccc(/C=C2/Sc3ccccc3N(CC(=O)NC[C@H]3COc4ccccc4O3)C2=O)cc1Br. The average molecular weight is 567 g/mol. The Morgan fingerprint density at radius 2 is 1.94 bits per heavy atom. The minimum Gasteiger partial charge on any atom is -0.496 e. The topological polar surface area (TPSA) is 77.1 Å². The zero-order valence-electron chi connectivity index (χ0n) is 19.4. The van der Waals surface area contributed by atoms with E-state index in [4.69, 9.17) is 14.2 Å². The number of para-hydroxylation sites is 3. The van der Waals surface area contributed by atoms with Crippen molar-refractivity contribution >= 4 is 51.3 Å². The van der Waals surface area contributed by atoms with Crippen LogP contribution in [0.4, 0.5) is 5.69 Å². The maximum absolute atomic E-state index is 13.5. The van der Waals surface area contributed by atoms with E-state index in [1.165, 1.54) is 16.7 Å². The van der Waals surface area contributed by atoms with Crippen molar-refractivity contribution < 1.29 is 23.8 Å². The molecule has 0 fully saturated rings. The van der Waals surface area contributed by atoms with Crippen LogP contribution in [0.5, 0.6) is 17.2 Å². The molecule has 1 atom stereocenters. The molecule has 0 aromatic heterocycles. The number of amides is 2. The van der Waals surface area contributed by atoms with E-state index >= 15 is 0 Å². The molecule has 3 aromatic rings. The molecular formula is C27H23BrN2O5S. The van der Waals surface area contributed by atoms with Gasteiger partial charge >= 0.3 is 0 Å². The molecule has 0 bridgehead atoms. The van der Waals surface area contributed by atoms with E-state index in [0.29, 0.717) is 34.4 Å². The molecule has 7 nitrogen and oxygen atoms in total. The van der Waals surface area contributed by atoms with Crippen molar-refractivity contribution in [3.05, 3.63) is 81.7 Å². The summed E-state index contributed by atoms with van der Waals surface area (Å²) in [6.45, 7) is 0.502. The van der Waals surface area contributed by atoms with Crippen LogP contribution in [0.1, 0.15) is 5.56 Å². The third-order valence-electron chi connectivity index (χ3n) is 5.70. The number of nitrogens with zero attached hydrogens (tertiary/aromatic N) is 1. The summed E-state index contributed by atoms with van der Waals surface area (Å²) in [5, 5.41) is 2.88. The smallest absolute Gasteiger partial charge is 0.265 e. The summed E-state index contributed by atoms with van der Waals surface area (Å²) in [5.41, 5.74) is 1.55. The van der Waals surface area contributed by atoms with Gasteiger partial charge in [-0.05, 0) is 64.0 Å². The first kappa shape index (κ1) is 24.3. The lowest BCUT2D eigenvalue weighted by atomic mass is 10.2. The number of hydrogen-bond acceptors (Lipinski definition) is 6. The number of halogens is 1. The van der Waals surface area contributed by atoms with Crippen molar-refractivity contribution in [3.63, 3.8) is 0 Å². The number of ether oxygens (including phenoxy) is 3. The molecule has 0 radical (unpaired) electrons. The molecule has 2 aliphatic rings. The first-order valence-electron chi connectivity index (χ1n) is 11.3. The van der Waals surface area contributed by atoms with Crippen molar-refractivity contribution in [3.8, 4) is 17.2 Å².